The van der Waals surface area contributed by atoms with E-state index >= 15 is 0 Å². The number of benzene rings is 3. The third-order valence-corrected chi connectivity index (χ3v) is 5.12. The van der Waals surface area contributed by atoms with E-state index in [9.17, 15) is 14.3 Å². The minimum atomic E-state index is -1.18. The Morgan fingerprint density at radius 2 is 1.78 bits per heavy atom. The van der Waals surface area contributed by atoms with Gasteiger partial charge in [-0.2, -0.15) is 0 Å². The van der Waals surface area contributed by atoms with E-state index in [-0.39, 0.29) is 12.2 Å². The number of nitrogens with one attached hydrogen (secondary N) is 1. The molecule has 4 aromatic rings. The molecule has 1 heterocycles. The van der Waals surface area contributed by atoms with Gasteiger partial charge in [0.2, 0.25) is 0 Å². The Bertz CT molecular complexity index is 1120. The molecule has 134 valence electrons. The van der Waals surface area contributed by atoms with Crippen molar-refractivity contribution >= 4 is 38.9 Å². The van der Waals surface area contributed by atoms with Crippen LogP contribution in [0.25, 0.3) is 22.0 Å². The Hall–Kier alpha value is -3.25. The number of aromatic nitrogens is 1. The first-order valence-electron chi connectivity index (χ1n) is 8.30. The molecule has 1 aromatic heterocycles. The lowest BCUT2D eigenvalue weighted by atomic mass is 10.1. The van der Waals surface area contributed by atoms with Crippen LogP contribution in [0.15, 0.2) is 66.7 Å². The molecular weight excluding hydrogens is 363 g/mol. The van der Waals surface area contributed by atoms with Gasteiger partial charge in [0.15, 0.2) is 5.13 Å². The Morgan fingerprint density at radius 3 is 2.56 bits per heavy atom. The quantitative estimate of drug-likeness (QED) is 0.568. The van der Waals surface area contributed by atoms with Crippen LogP contribution in [-0.4, -0.2) is 11.0 Å². The van der Waals surface area contributed by atoms with E-state index in [1.54, 1.807) is 12.1 Å². The maximum absolute atomic E-state index is 13.2. The summed E-state index contributed by atoms with van der Waals surface area (Å²) in [5, 5.41) is 17.1. The molecule has 0 bridgehead atoms. The molecule has 3 aromatic carbocycles. The van der Waals surface area contributed by atoms with E-state index in [2.05, 4.69) is 10.3 Å². The van der Waals surface area contributed by atoms with Crippen molar-refractivity contribution in [3.63, 3.8) is 0 Å². The second-order valence-corrected chi connectivity index (χ2v) is 7.08. The summed E-state index contributed by atoms with van der Waals surface area (Å²) in [7, 11) is 0. The van der Waals surface area contributed by atoms with Crippen LogP contribution in [0.4, 0.5) is 15.2 Å². The van der Waals surface area contributed by atoms with Crippen molar-refractivity contribution in [3.8, 4) is 11.3 Å². The average molecular weight is 377 g/mol. The highest BCUT2D eigenvalue weighted by Gasteiger charge is 2.14. The standard InChI is InChI=1S/C21H15FN2O2S/c22-15-10-8-14(9-11-15)20-18(12-19(25)26)27-21(24-20)23-17-7-3-5-13-4-1-2-6-16(13)17/h1-11H,12H2,(H,23,24)(H,25,26)/p-1. The second-order valence-electron chi connectivity index (χ2n) is 6.00. The summed E-state index contributed by atoms with van der Waals surface area (Å²) in [5.41, 5.74) is 2.06. The van der Waals surface area contributed by atoms with Gasteiger partial charge in [-0.25, -0.2) is 9.37 Å². The minimum absolute atomic E-state index is 0.248. The predicted octanol–water partition coefficient (Wildman–Crippen LogP) is 4.14. The van der Waals surface area contributed by atoms with E-state index in [4.69, 9.17) is 0 Å². The molecule has 27 heavy (non-hydrogen) atoms. The average Bonchev–Trinajstić information content (AvgIpc) is 3.04. The smallest absolute Gasteiger partial charge is 0.188 e. The highest BCUT2D eigenvalue weighted by Crippen LogP contribution is 2.34. The van der Waals surface area contributed by atoms with Crippen molar-refractivity contribution in [1.29, 1.82) is 0 Å². The van der Waals surface area contributed by atoms with Crippen LogP contribution >= 0.6 is 11.3 Å². The molecule has 0 saturated carbocycles. The summed E-state index contributed by atoms with van der Waals surface area (Å²) in [6.45, 7) is 0. The molecule has 0 radical (unpaired) electrons. The van der Waals surface area contributed by atoms with Crippen LogP contribution < -0.4 is 10.4 Å². The fourth-order valence-corrected chi connectivity index (χ4v) is 3.92. The number of carbonyl (C=O) groups is 1. The number of hydrogen-bond acceptors (Lipinski definition) is 5. The number of carboxylic acid groups (broad SMARTS) is 1. The molecule has 0 fully saturated rings. The molecule has 6 heteroatoms. The van der Waals surface area contributed by atoms with Crippen molar-refractivity contribution in [1.82, 2.24) is 4.98 Å². The van der Waals surface area contributed by atoms with Gasteiger partial charge in [-0.15, -0.1) is 11.3 Å². The van der Waals surface area contributed by atoms with Crippen LogP contribution in [0, 0.1) is 5.82 Å². The normalized spacial score (nSPS) is 10.9. The van der Waals surface area contributed by atoms with Crippen LogP contribution in [-0.2, 0) is 11.2 Å². The Balaban J connectivity index is 1.75. The van der Waals surface area contributed by atoms with E-state index in [0.29, 0.717) is 21.3 Å². The molecular formula is C21H14FN2O2S-. The zero-order valence-corrected chi connectivity index (χ0v) is 14.9. The number of aliphatic carboxylic acids is 1. The van der Waals surface area contributed by atoms with Gasteiger partial charge in [-0.1, -0.05) is 36.4 Å². The van der Waals surface area contributed by atoms with E-state index in [1.165, 1.54) is 23.5 Å². The molecule has 0 aliphatic rings. The van der Waals surface area contributed by atoms with Gasteiger partial charge < -0.3 is 15.2 Å². The van der Waals surface area contributed by atoms with Crippen LogP contribution in [0.1, 0.15) is 4.88 Å². The molecule has 4 nitrogen and oxygen atoms in total. The fraction of sp³-hybridized carbons (Fsp3) is 0.0476. The van der Waals surface area contributed by atoms with Gasteiger partial charge in [-0.05, 0) is 35.7 Å². The van der Waals surface area contributed by atoms with Crippen molar-refractivity contribution in [3.05, 3.63) is 77.4 Å². The first-order chi connectivity index (χ1) is 13.1. The molecule has 0 aliphatic carbocycles. The molecule has 0 aliphatic heterocycles. The van der Waals surface area contributed by atoms with E-state index < -0.39 is 5.97 Å². The van der Waals surface area contributed by atoms with Gasteiger partial charge in [0, 0.05) is 33.9 Å². The predicted molar refractivity (Wildman–Crippen MR) is 103 cm³/mol. The van der Waals surface area contributed by atoms with Gasteiger partial charge in [-0.3, -0.25) is 0 Å². The lowest BCUT2D eigenvalue weighted by Gasteiger charge is -2.06. The van der Waals surface area contributed by atoms with E-state index in [0.717, 1.165) is 16.5 Å². The topological polar surface area (TPSA) is 65.0 Å². The number of fused-ring (bicyclic) bond motifs is 1. The van der Waals surface area contributed by atoms with Gasteiger partial charge in [0.25, 0.3) is 0 Å². The van der Waals surface area contributed by atoms with Gasteiger partial charge in [0.05, 0.1) is 5.69 Å². The Kier molecular flexibility index (Phi) is 4.56. The lowest BCUT2D eigenvalue weighted by Crippen LogP contribution is -2.24. The fourth-order valence-electron chi connectivity index (χ4n) is 2.94. The zero-order chi connectivity index (χ0) is 18.8. The first-order valence-corrected chi connectivity index (χ1v) is 9.12. The summed E-state index contributed by atoms with van der Waals surface area (Å²) in [5.74, 6) is -1.54. The summed E-state index contributed by atoms with van der Waals surface area (Å²) in [4.78, 5) is 16.3. The number of halogens is 1. The maximum atomic E-state index is 13.2. The number of carbonyl (C=O) groups excluding carboxylic acids is 1. The summed E-state index contributed by atoms with van der Waals surface area (Å²) < 4.78 is 13.2. The molecule has 0 atom stereocenters. The zero-order valence-electron chi connectivity index (χ0n) is 14.1. The number of rotatable bonds is 5. The summed E-state index contributed by atoms with van der Waals surface area (Å²) in [6, 6.07) is 19.7. The third-order valence-electron chi connectivity index (χ3n) is 4.15. The van der Waals surface area contributed by atoms with Crippen LogP contribution in [0.3, 0.4) is 0 Å². The Labute approximate surface area is 158 Å². The van der Waals surface area contributed by atoms with Crippen molar-refractivity contribution in [2.24, 2.45) is 0 Å². The van der Waals surface area contributed by atoms with Crippen LogP contribution in [0.5, 0.6) is 0 Å². The number of hydrogen-bond donors (Lipinski definition) is 1. The number of thiazole rings is 1. The second kappa shape index (κ2) is 7.17. The highest BCUT2D eigenvalue weighted by molar-refractivity contribution is 7.16. The van der Waals surface area contributed by atoms with E-state index in [1.807, 2.05) is 42.5 Å². The maximum Gasteiger partial charge on any atom is 0.188 e. The minimum Gasteiger partial charge on any atom is -0.550 e. The lowest BCUT2D eigenvalue weighted by molar-refractivity contribution is -0.304. The number of nitrogens with zero attached hydrogens (tertiary/aromatic N) is 1. The molecule has 0 saturated heterocycles. The molecule has 0 unspecified atom stereocenters. The Morgan fingerprint density at radius 1 is 1.04 bits per heavy atom. The summed E-state index contributed by atoms with van der Waals surface area (Å²) in [6.07, 6.45) is -0.248. The first kappa shape index (κ1) is 17.2. The molecule has 0 spiro atoms. The third kappa shape index (κ3) is 3.66. The summed E-state index contributed by atoms with van der Waals surface area (Å²) >= 11 is 1.25. The highest BCUT2D eigenvalue weighted by atomic mass is 32.1. The van der Waals surface area contributed by atoms with Crippen molar-refractivity contribution in [2.45, 2.75) is 6.42 Å². The molecule has 0 amide bonds. The molecule has 1 N–H and O–H groups in total. The van der Waals surface area contributed by atoms with Crippen molar-refractivity contribution < 1.29 is 14.3 Å². The van der Waals surface area contributed by atoms with Crippen LogP contribution in [0.2, 0.25) is 0 Å². The van der Waals surface area contributed by atoms with Gasteiger partial charge >= 0.3 is 0 Å². The number of carboxylic acids is 1. The van der Waals surface area contributed by atoms with Gasteiger partial charge in [0.1, 0.15) is 5.82 Å². The molecule has 4 rings (SSSR count). The SMILES string of the molecule is O=C([O-])Cc1sc(Nc2cccc3ccccc23)nc1-c1ccc(F)cc1. The number of anilines is 2. The largest absolute Gasteiger partial charge is 0.550 e. The van der Waals surface area contributed by atoms with Crippen molar-refractivity contribution in [2.75, 3.05) is 5.32 Å². The monoisotopic (exact) mass is 377 g/mol.